The molecule has 1 heterocycles. The summed E-state index contributed by atoms with van der Waals surface area (Å²) >= 11 is 0. The van der Waals surface area contributed by atoms with Crippen molar-refractivity contribution < 1.29 is 14.3 Å². The third-order valence-electron chi connectivity index (χ3n) is 1.80. The summed E-state index contributed by atoms with van der Waals surface area (Å²) in [5.74, 6) is 0. The minimum Gasteiger partial charge on any atom is -0.434 e. The van der Waals surface area contributed by atoms with Crippen molar-refractivity contribution >= 4 is 6.16 Å². The van der Waals surface area contributed by atoms with Crippen molar-refractivity contribution in [3.8, 4) is 0 Å². The molecule has 0 aromatic rings. The molecule has 1 saturated heterocycles. The topological polar surface area (TPSA) is 35.5 Å². The van der Waals surface area contributed by atoms with E-state index < -0.39 is 6.16 Å². The second kappa shape index (κ2) is 4.21. The molecular weight excluding hydrogens is 144 g/mol. The van der Waals surface area contributed by atoms with E-state index in [1.165, 1.54) is 0 Å². The van der Waals surface area contributed by atoms with Crippen LogP contribution >= 0.6 is 0 Å². The third-order valence-corrected chi connectivity index (χ3v) is 1.80. The molecule has 11 heavy (non-hydrogen) atoms. The first-order valence-corrected chi connectivity index (χ1v) is 4.16. The quantitative estimate of drug-likeness (QED) is 0.590. The second-order valence-corrected chi connectivity index (χ2v) is 2.77. The fraction of sp³-hybridized carbons (Fsp3) is 0.875. The maximum atomic E-state index is 10.6. The van der Waals surface area contributed by atoms with Crippen molar-refractivity contribution in [2.75, 3.05) is 6.61 Å². The van der Waals surface area contributed by atoms with Crippen LogP contribution < -0.4 is 0 Å². The number of carbonyl (C=O) groups excluding carboxylic acids is 1. The van der Waals surface area contributed by atoms with Gasteiger partial charge in [0.1, 0.15) is 6.10 Å². The summed E-state index contributed by atoms with van der Waals surface area (Å²) in [4.78, 5) is 10.6. The summed E-state index contributed by atoms with van der Waals surface area (Å²) < 4.78 is 9.55. The van der Waals surface area contributed by atoms with Gasteiger partial charge in [0.05, 0.1) is 6.61 Å². The summed E-state index contributed by atoms with van der Waals surface area (Å²) in [7, 11) is 0. The van der Waals surface area contributed by atoms with Gasteiger partial charge in [-0.2, -0.15) is 0 Å². The zero-order valence-corrected chi connectivity index (χ0v) is 6.84. The molecule has 0 aromatic heterocycles. The Morgan fingerprint density at radius 3 is 3.09 bits per heavy atom. The maximum Gasteiger partial charge on any atom is 0.508 e. The largest absolute Gasteiger partial charge is 0.508 e. The number of cyclic esters (lactones) is 2. The Kier molecular flexibility index (Phi) is 3.20. The van der Waals surface area contributed by atoms with E-state index >= 15 is 0 Å². The number of unbranched alkanes of at least 4 members (excludes halogenated alkanes) is 1. The number of carbonyl (C=O) groups is 1. The van der Waals surface area contributed by atoms with Crippen LogP contribution in [0.15, 0.2) is 0 Å². The van der Waals surface area contributed by atoms with Crippen LogP contribution in [0.5, 0.6) is 0 Å². The lowest BCUT2D eigenvalue weighted by molar-refractivity contribution is -0.0256. The van der Waals surface area contributed by atoms with Gasteiger partial charge in [0, 0.05) is 6.42 Å². The first kappa shape index (κ1) is 8.37. The van der Waals surface area contributed by atoms with Crippen LogP contribution in [0.25, 0.3) is 0 Å². The molecule has 1 rings (SSSR count). The van der Waals surface area contributed by atoms with Gasteiger partial charge in [-0.25, -0.2) is 4.79 Å². The molecule has 1 aliphatic rings. The highest BCUT2D eigenvalue weighted by Gasteiger charge is 2.20. The minimum absolute atomic E-state index is 0.108. The Balaban J connectivity index is 2.17. The Morgan fingerprint density at radius 1 is 1.64 bits per heavy atom. The maximum absolute atomic E-state index is 10.6. The highest BCUT2D eigenvalue weighted by Crippen LogP contribution is 2.14. The van der Waals surface area contributed by atoms with E-state index in [0.717, 1.165) is 25.7 Å². The van der Waals surface area contributed by atoms with E-state index in [2.05, 4.69) is 11.7 Å². The molecule has 1 aliphatic heterocycles. The second-order valence-electron chi connectivity index (χ2n) is 2.77. The molecule has 0 bridgehead atoms. The molecular formula is C8H14O3. The molecule has 1 atom stereocenters. The predicted octanol–water partition coefficient (Wildman–Crippen LogP) is 2.10. The molecule has 64 valence electrons. The molecule has 0 spiro atoms. The predicted molar refractivity (Wildman–Crippen MR) is 40.4 cm³/mol. The average molecular weight is 158 g/mol. The smallest absolute Gasteiger partial charge is 0.434 e. The molecule has 0 radical (unpaired) electrons. The Bertz CT molecular complexity index is 133. The lowest BCUT2D eigenvalue weighted by Crippen LogP contribution is -2.27. The van der Waals surface area contributed by atoms with Crippen molar-refractivity contribution in [1.29, 1.82) is 0 Å². The lowest BCUT2D eigenvalue weighted by atomic mass is 10.1. The summed E-state index contributed by atoms with van der Waals surface area (Å²) in [5, 5.41) is 0. The van der Waals surface area contributed by atoms with Gasteiger partial charge in [-0.3, -0.25) is 0 Å². The van der Waals surface area contributed by atoms with Crippen LogP contribution in [-0.4, -0.2) is 18.9 Å². The number of rotatable bonds is 3. The van der Waals surface area contributed by atoms with E-state index in [9.17, 15) is 4.79 Å². The summed E-state index contributed by atoms with van der Waals surface area (Å²) in [6.07, 6.45) is 3.71. The normalized spacial score (nSPS) is 24.1. The van der Waals surface area contributed by atoms with Crippen LogP contribution in [0.4, 0.5) is 4.79 Å². The lowest BCUT2D eigenvalue weighted by Gasteiger charge is -2.21. The Morgan fingerprint density at radius 2 is 2.45 bits per heavy atom. The monoisotopic (exact) mass is 158 g/mol. The zero-order chi connectivity index (χ0) is 8.10. The van der Waals surface area contributed by atoms with E-state index in [1.807, 2.05) is 0 Å². The van der Waals surface area contributed by atoms with Crippen LogP contribution in [0.2, 0.25) is 0 Å². The van der Waals surface area contributed by atoms with Gasteiger partial charge in [-0.15, -0.1) is 0 Å². The van der Waals surface area contributed by atoms with Crippen molar-refractivity contribution in [1.82, 2.24) is 0 Å². The molecule has 1 unspecified atom stereocenters. The molecule has 0 saturated carbocycles. The first-order valence-electron chi connectivity index (χ1n) is 4.16. The fourth-order valence-corrected chi connectivity index (χ4v) is 1.14. The highest BCUT2D eigenvalue weighted by molar-refractivity contribution is 5.60. The van der Waals surface area contributed by atoms with Gasteiger partial charge < -0.3 is 9.47 Å². The molecule has 0 aromatic carbocycles. The Hall–Kier alpha value is -0.730. The van der Waals surface area contributed by atoms with Gasteiger partial charge >= 0.3 is 6.16 Å². The van der Waals surface area contributed by atoms with Crippen molar-refractivity contribution in [3.05, 3.63) is 0 Å². The summed E-state index contributed by atoms with van der Waals surface area (Å²) in [5.41, 5.74) is 0. The molecule has 0 N–H and O–H groups in total. The van der Waals surface area contributed by atoms with Gasteiger partial charge in [-0.1, -0.05) is 19.8 Å². The van der Waals surface area contributed by atoms with Crippen molar-refractivity contribution in [3.63, 3.8) is 0 Å². The van der Waals surface area contributed by atoms with Crippen LogP contribution in [0.1, 0.15) is 32.6 Å². The highest BCUT2D eigenvalue weighted by atomic mass is 16.7. The van der Waals surface area contributed by atoms with Crippen molar-refractivity contribution in [2.24, 2.45) is 0 Å². The third kappa shape index (κ3) is 2.78. The molecule has 1 fully saturated rings. The van der Waals surface area contributed by atoms with Crippen LogP contribution in [0.3, 0.4) is 0 Å². The molecule has 0 aliphatic carbocycles. The van der Waals surface area contributed by atoms with Gasteiger partial charge in [0.15, 0.2) is 0 Å². The van der Waals surface area contributed by atoms with E-state index in [4.69, 9.17) is 4.74 Å². The number of ether oxygens (including phenoxy) is 2. The van der Waals surface area contributed by atoms with E-state index in [-0.39, 0.29) is 6.10 Å². The van der Waals surface area contributed by atoms with Crippen LogP contribution in [-0.2, 0) is 9.47 Å². The molecule has 3 heteroatoms. The zero-order valence-electron chi connectivity index (χ0n) is 6.84. The van der Waals surface area contributed by atoms with Gasteiger partial charge in [0.2, 0.25) is 0 Å². The Labute approximate surface area is 66.7 Å². The molecule has 3 nitrogen and oxygen atoms in total. The summed E-state index contributed by atoms with van der Waals surface area (Å²) in [6, 6.07) is 0. The summed E-state index contributed by atoms with van der Waals surface area (Å²) in [6.45, 7) is 2.65. The standard InChI is InChI=1S/C8H14O3/c1-2-3-4-7-5-6-10-8(9)11-7/h7H,2-6H2,1H3. The van der Waals surface area contributed by atoms with E-state index in [1.54, 1.807) is 0 Å². The van der Waals surface area contributed by atoms with Gasteiger partial charge in [0.25, 0.3) is 0 Å². The van der Waals surface area contributed by atoms with Crippen LogP contribution in [0, 0.1) is 0 Å². The first-order chi connectivity index (χ1) is 5.33. The fourth-order valence-electron chi connectivity index (χ4n) is 1.14. The van der Waals surface area contributed by atoms with Crippen molar-refractivity contribution in [2.45, 2.75) is 38.7 Å². The average Bonchev–Trinajstić information content (AvgIpc) is 2.01. The van der Waals surface area contributed by atoms with E-state index in [0.29, 0.717) is 6.61 Å². The number of hydrogen-bond acceptors (Lipinski definition) is 3. The SMILES string of the molecule is CCCCC1CCOC(=O)O1. The van der Waals surface area contributed by atoms with Gasteiger partial charge in [-0.05, 0) is 6.42 Å². The molecule has 0 amide bonds. The number of hydrogen-bond donors (Lipinski definition) is 0. The minimum atomic E-state index is -0.502.